The van der Waals surface area contributed by atoms with Gasteiger partial charge in [0.25, 0.3) is 0 Å². The van der Waals surface area contributed by atoms with Crippen LogP contribution >= 0.6 is 12.4 Å². The summed E-state index contributed by atoms with van der Waals surface area (Å²) in [6, 6.07) is 7.05. The van der Waals surface area contributed by atoms with Gasteiger partial charge in [-0.05, 0) is 55.2 Å². The Morgan fingerprint density at radius 1 is 1.15 bits per heavy atom. The van der Waals surface area contributed by atoms with E-state index < -0.39 is 9.84 Å². The molecule has 2 fully saturated rings. The molecule has 1 aromatic rings. The molecule has 0 spiro atoms. The van der Waals surface area contributed by atoms with Gasteiger partial charge in [0.2, 0.25) is 5.91 Å². The first-order valence-corrected chi connectivity index (χ1v) is 10.9. The van der Waals surface area contributed by atoms with Crippen LogP contribution in [0.2, 0.25) is 0 Å². The highest BCUT2D eigenvalue weighted by molar-refractivity contribution is 7.90. The number of nitrogens with zero attached hydrogens (tertiary/aromatic N) is 1. The number of halogens is 1. The lowest BCUT2D eigenvalue weighted by atomic mass is 9.65. The van der Waals surface area contributed by atoms with Gasteiger partial charge in [-0.2, -0.15) is 0 Å². The maximum atomic E-state index is 12.9. The molecule has 1 amide bonds. The molecule has 0 radical (unpaired) electrons. The number of amides is 1. The Balaban J connectivity index is 0.00000243. The first kappa shape index (κ1) is 21.2. The summed E-state index contributed by atoms with van der Waals surface area (Å²) in [4.78, 5) is 14.9. The van der Waals surface area contributed by atoms with Gasteiger partial charge in [0.15, 0.2) is 9.84 Å². The summed E-state index contributed by atoms with van der Waals surface area (Å²) >= 11 is 0. The third kappa shape index (κ3) is 4.59. The Bertz CT molecular complexity index is 722. The van der Waals surface area contributed by atoms with Gasteiger partial charge >= 0.3 is 0 Å². The zero-order chi connectivity index (χ0) is 18.2. The molecule has 146 valence electrons. The number of carbonyl (C=O) groups is 1. The first-order valence-electron chi connectivity index (χ1n) is 9.05. The molecule has 7 heteroatoms. The van der Waals surface area contributed by atoms with E-state index in [0.717, 1.165) is 31.2 Å². The van der Waals surface area contributed by atoms with Gasteiger partial charge in [-0.15, -0.1) is 12.4 Å². The molecule has 2 N–H and O–H groups in total. The molecule has 26 heavy (non-hydrogen) atoms. The van der Waals surface area contributed by atoms with E-state index >= 15 is 0 Å². The molecule has 2 aliphatic rings. The van der Waals surface area contributed by atoms with E-state index in [9.17, 15) is 13.2 Å². The summed E-state index contributed by atoms with van der Waals surface area (Å²) in [7, 11) is -1.36. The summed E-state index contributed by atoms with van der Waals surface area (Å²) in [5.41, 5.74) is 7.26. The molecule has 1 aromatic carbocycles. The zero-order valence-corrected chi connectivity index (χ0v) is 17.1. The van der Waals surface area contributed by atoms with Gasteiger partial charge in [0, 0.05) is 31.8 Å². The average Bonchev–Trinajstić information content (AvgIpc) is 2.53. The van der Waals surface area contributed by atoms with Crippen molar-refractivity contribution in [3.63, 3.8) is 0 Å². The van der Waals surface area contributed by atoms with E-state index in [1.165, 1.54) is 12.7 Å². The monoisotopic (exact) mass is 400 g/mol. The second-order valence-corrected chi connectivity index (χ2v) is 9.82. The zero-order valence-electron chi connectivity index (χ0n) is 15.4. The SMILES string of the molecule is CN(Cc1ccc(S(C)(=O)=O)cc1)C(=O)C1CC2CCCC(C1)C2N.Cl. The minimum atomic E-state index is -3.19. The lowest BCUT2D eigenvalue weighted by Crippen LogP contribution is -2.49. The molecule has 2 aliphatic carbocycles. The van der Waals surface area contributed by atoms with Gasteiger partial charge < -0.3 is 10.6 Å². The second kappa shape index (κ2) is 8.28. The number of hydrogen-bond donors (Lipinski definition) is 1. The van der Waals surface area contributed by atoms with Crippen LogP contribution < -0.4 is 5.73 Å². The number of hydrogen-bond acceptors (Lipinski definition) is 4. The lowest BCUT2D eigenvalue weighted by molar-refractivity contribution is -0.137. The normalized spacial score (nSPS) is 28.1. The largest absolute Gasteiger partial charge is 0.341 e. The van der Waals surface area contributed by atoms with Crippen LogP contribution in [-0.4, -0.2) is 38.6 Å². The summed E-state index contributed by atoms with van der Waals surface area (Å²) in [6.45, 7) is 0.501. The minimum absolute atomic E-state index is 0. The molecular weight excluding hydrogens is 372 g/mol. The Morgan fingerprint density at radius 2 is 1.69 bits per heavy atom. The van der Waals surface area contributed by atoms with Crippen molar-refractivity contribution in [1.29, 1.82) is 0 Å². The molecule has 3 rings (SSSR count). The molecule has 2 atom stereocenters. The molecule has 2 bridgehead atoms. The number of nitrogens with two attached hydrogens (primary N) is 1. The van der Waals surface area contributed by atoms with Crippen LogP contribution in [0.25, 0.3) is 0 Å². The van der Waals surface area contributed by atoms with Crippen LogP contribution in [0.5, 0.6) is 0 Å². The van der Waals surface area contributed by atoms with Gasteiger partial charge in [-0.25, -0.2) is 8.42 Å². The predicted octanol–water partition coefficient (Wildman–Crippen LogP) is 2.62. The molecule has 2 saturated carbocycles. The molecule has 0 aliphatic heterocycles. The molecule has 0 saturated heterocycles. The summed E-state index contributed by atoms with van der Waals surface area (Å²) < 4.78 is 23.1. The van der Waals surface area contributed by atoms with Crippen molar-refractivity contribution in [2.75, 3.05) is 13.3 Å². The topological polar surface area (TPSA) is 80.5 Å². The van der Waals surface area contributed by atoms with Crippen LogP contribution in [-0.2, 0) is 21.2 Å². The maximum Gasteiger partial charge on any atom is 0.225 e. The van der Waals surface area contributed by atoms with Crippen LogP contribution in [0.4, 0.5) is 0 Å². The second-order valence-electron chi connectivity index (χ2n) is 7.81. The van der Waals surface area contributed by atoms with Crippen molar-refractivity contribution in [2.24, 2.45) is 23.5 Å². The number of sulfone groups is 1. The summed E-state index contributed by atoms with van der Waals surface area (Å²) in [6.07, 6.45) is 6.56. The van der Waals surface area contributed by atoms with Crippen molar-refractivity contribution in [3.05, 3.63) is 29.8 Å². The maximum absolute atomic E-state index is 12.9. The van der Waals surface area contributed by atoms with Gasteiger partial charge in [-0.3, -0.25) is 4.79 Å². The van der Waals surface area contributed by atoms with Gasteiger partial charge in [-0.1, -0.05) is 18.6 Å². The minimum Gasteiger partial charge on any atom is -0.341 e. The smallest absolute Gasteiger partial charge is 0.225 e. The van der Waals surface area contributed by atoms with E-state index in [-0.39, 0.29) is 30.3 Å². The summed E-state index contributed by atoms with van der Waals surface area (Å²) in [5, 5.41) is 0. The highest BCUT2D eigenvalue weighted by Gasteiger charge is 2.41. The number of benzene rings is 1. The third-order valence-electron chi connectivity index (χ3n) is 5.91. The fraction of sp³-hybridized carbons (Fsp3) is 0.632. The molecule has 0 heterocycles. The third-order valence-corrected chi connectivity index (χ3v) is 7.04. The molecule has 5 nitrogen and oxygen atoms in total. The van der Waals surface area contributed by atoms with Crippen LogP contribution in [0.1, 0.15) is 37.7 Å². The number of carbonyl (C=O) groups excluding carboxylic acids is 1. The fourth-order valence-corrected chi connectivity index (χ4v) is 5.13. The quantitative estimate of drug-likeness (QED) is 0.842. The van der Waals surface area contributed by atoms with E-state index in [1.807, 2.05) is 7.05 Å². The van der Waals surface area contributed by atoms with Crippen LogP contribution in [0.3, 0.4) is 0 Å². The van der Waals surface area contributed by atoms with Crippen LogP contribution in [0.15, 0.2) is 29.2 Å². The van der Waals surface area contributed by atoms with Crippen molar-refractivity contribution in [3.8, 4) is 0 Å². The Labute approximate surface area is 162 Å². The van der Waals surface area contributed by atoms with Crippen molar-refractivity contribution in [2.45, 2.75) is 49.6 Å². The van der Waals surface area contributed by atoms with E-state index in [4.69, 9.17) is 5.73 Å². The van der Waals surface area contributed by atoms with Gasteiger partial charge in [0.05, 0.1) is 4.90 Å². The van der Waals surface area contributed by atoms with Crippen LogP contribution in [0, 0.1) is 17.8 Å². The molecule has 0 aromatic heterocycles. The highest BCUT2D eigenvalue weighted by atomic mass is 35.5. The lowest BCUT2D eigenvalue weighted by Gasteiger charge is -2.44. The summed E-state index contributed by atoms with van der Waals surface area (Å²) in [5.74, 6) is 1.25. The van der Waals surface area contributed by atoms with Crippen molar-refractivity contribution >= 4 is 28.2 Å². The standard InChI is InChI=1S/C19H28N2O3S.ClH/c1-21(12-13-6-8-17(9-7-13)25(2,23)24)19(22)16-10-14-4-3-5-15(11-16)18(14)20;/h6-9,14-16,18H,3-5,10-12,20H2,1-2H3;1H. The Morgan fingerprint density at radius 3 is 2.19 bits per heavy atom. The molecule has 2 unspecified atom stereocenters. The van der Waals surface area contributed by atoms with Crippen molar-refractivity contribution in [1.82, 2.24) is 4.90 Å². The van der Waals surface area contributed by atoms with E-state index in [2.05, 4.69) is 0 Å². The average molecular weight is 401 g/mol. The van der Waals surface area contributed by atoms with E-state index in [1.54, 1.807) is 29.2 Å². The number of fused-ring (bicyclic) bond motifs is 2. The predicted molar refractivity (Wildman–Crippen MR) is 105 cm³/mol. The van der Waals surface area contributed by atoms with Crippen molar-refractivity contribution < 1.29 is 13.2 Å². The first-order chi connectivity index (χ1) is 11.8. The molecular formula is C19H29ClN2O3S. The highest BCUT2D eigenvalue weighted by Crippen LogP contribution is 2.42. The van der Waals surface area contributed by atoms with Gasteiger partial charge in [0.1, 0.15) is 0 Å². The Kier molecular flexibility index (Phi) is 6.75. The fourth-order valence-electron chi connectivity index (χ4n) is 4.50. The number of rotatable bonds is 4. The van der Waals surface area contributed by atoms with E-state index in [0.29, 0.717) is 23.3 Å². The Hall–Kier alpha value is -1.11.